The largest absolute Gasteiger partial charge is 0.481 e. The van der Waals surface area contributed by atoms with Crippen LogP contribution in [0, 0.1) is 17.7 Å². The van der Waals surface area contributed by atoms with Crippen LogP contribution < -0.4 is 5.32 Å². The number of benzene rings is 3. The summed E-state index contributed by atoms with van der Waals surface area (Å²) in [5, 5.41) is 12.4. The van der Waals surface area contributed by atoms with Crippen LogP contribution in [0.1, 0.15) is 49.3 Å². The fourth-order valence-electron chi connectivity index (χ4n) is 5.06. The summed E-state index contributed by atoms with van der Waals surface area (Å²) in [5.74, 6) is -2.93. The van der Waals surface area contributed by atoms with Crippen LogP contribution >= 0.6 is 0 Å². The Hall–Kier alpha value is -4.00. The van der Waals surface area contributed by atoms with Gasteiger partial charge in [0.15, 0.2) is 5.78 Å². The minimum absolute atomic E-state index is 0.0817. The Balaban J connectivity index is 1.41. The van der Waals surface area contributed by atoms with Crippen molar-refractivity contribution in [1.29, 1.82) is 0 Å². The van der Waals surface area contributed by atoms with Crippen molar-refractivity contribution in [3.63, 3.8) is 0 Å². The average Bonchev–Trinajstić information content (AvgIpc) is 3.21. The Morgan fingerprint density at radius 3 is 2.05 bits per heavy atom. The van der Waals surface area contributed by atoms with Crippen molar-refractivity contribution < 1.29 is 28.6 Å². The molecule has 0 bridgehead atoms. The van der Waals surface area contributed by atoms with Crippen molar-refractivity contribution in [2.45, 2.75) is 45.1 Å². The van der Waals surface area contributed by atoms with Crippen molar-refractivity contribution in [2.75, 3.05) is 6.61 Å². The van der Waals surface area contributed by atoms with E-state index >= 15 is 0 Å². The number of carbonyl (C=O) groups excluding carboxylic acids is 2. The molecule has 7 heteroatoms. The van der Waals surface area contributed by atoms with Crippen LogP contribution in [0.5, 0.6) is 0 Å². The molecule has 1 aliphatic carbocycles. The third-order valence-corrected chi connectivity index (χ3v) is 6.92. The van der Waals surface area contributed by atoms with Gasteiger partial charge in [-0.15, -0.1) is 0 Å². The number of hydrogen-bond donors (Lipinski definition) is 2. The van der Waals surface area contributed by atoms with Crippen LogP contribution in [0.25, 0.3) is 11.1 Å². The van der Waals surface area contributed by atoms with Crippen LogP contribution in [0.3, 0.4) is 0 Å². The summed E-state index contributed by atoms with van der Waals surface area (Å²) in [4.78, 5) is 37.9. The van der Waals surface area contributed by atoms with Crippen molar-refractivity contribution >= 4 is 17.8 Å². The Bertz CT molecular complexity index is 1260. The van der Waals surface area contributed by atoms with E-state index in [0.717, 1.165) is 22.3 Å². The zero-order valence-corrected chi connectivity index (χ0v) is 21.5. The highest BCUT2D eigenvalue weighted by Crippen LogP contribution is 2.44. The van der Waals surface area contributed by atoms with Gasteiger partial charge >= 0.3 is 12.1 Å². The maximum atomic E-state index is 13.2. The topological polar surface area (TPSA) is 92.7 Å². The predicted molar refractivity (Wildman–Crippen MR) is 142 cm³/mol. The minimum Gasteiger partial charge on any atom is -0.481 e. The third kappa shape index (κ3) is 6.46. The fraction of sp³-hybridized carbons (Fsp3) is 0.323. The second kappa shape index (κ2) is 12.0. The molecule has 2 N–H and O–H groups in total. The number of ether oxygens (including phenoxy) is 1. The first-order valence-corrected chi connectivity index (χ1v) is 12.8. The number of rotatable bonds is 11. The highest BCUT2D eigenvalue weighted by atomic mass is 19.1. The lowest BCUT2D eigenvalue weighted by atomic mass is 9.90. The number of halogens is 1. The molecule has 0 aliphatic heterocycles. The van der Waals surface area contributed by atoms with Gasteiger partial charge in [0.1, 0.15) is 12.4 Å². The van der Waals surface area contributed by atoms with E-state index in [1.54, 1.807) is 0 Å². The molecule has 0 saturated heterocycles. The number of fused-ring (bicyclic) bond motifs is 3. The van der Waals surface area contributed by atoms with Crippen molar-refractivity contribution in [2.24, 2.45) is 11.8 Å². The molecule has 0 aromatic heterocycles. The SMILES string of the molecule is CC(C)C[C@H](NC(=O)OCC1c2ccccc2-c2ccccc21)C(=O)C[C@@H](Cc1ccc(F)cc1)C(=O)O. The summed E-state index contributed by atoms with van der Waals surface area (Å²) in [6.07, 6.45) is -0.531. The summed E-state index contributed by atoms with van der Waals surface area (Å²) in [7, 11) is 0. The van der Waals surface area contributed by atoms with Crippen molar-refractivity contribution in [1.82, 2.24) is 5.32 Å². The molecule has 1 aliphatic rings. The molecule has 2 atom stereocenters. The average molecular weight is 518 g/mol. The first-order chi connectivity index (χ1) is 18.2. The number of ketones is 1. The zero-order chi connectivity index (χ0) is 27.2. The van der Waals surface area contributed by atoms with E-state index < -0.39 is 29.8 Å². The highest BCUT2D eigenvalue weighted by molar-refractivity contribution is 5.90. The molecule has 1 amide bonds. The standard InChI is InChI=1S/C31H32FNO5/c1-19(2)15-28(29(34)17-21(30(35)36)16-20-11-13-22(32)14-12-20)33-31(37)38-18-27-25-9-5-3-7-23(25)24-8-4-6-10-26(24)27/h3-14,19,21,27-28H,15-18H2,1-2H3,(H,33,37)(H,35,36)/t21-,28+/m1/s1. The number of aliphatic carboxylic acids is 1. The molecule has 4 rings (SSSR count). The van der Waals surface area contributed by atoms with Gasteiger partial charge in [0, 0.05) is 12.3 Å². The monoisotopic (exact) mass is 517 g/mol. The number of amides is 1. The molecule has 198 valence electrons. The Kier molecular flexibility index (Phi) is 8.56. The number of alkyl carbamates (subject to hydrolysis) is 1. The van der Waals surface area contributed by atoms with E-state index in [1.165, 1.54) is 24.3 Å². The predicted octanol–water partition coefficient (Wildman–Crippen LogP) is 5.98. The zero-order valence-electron chi connectivity index (χ0n) is 21.5. The number of carbonyl (C=O) groups is 3. The summed E-state index contributed by atoms with van der Waals surface area (Å²) in [6, 6.07) is 20.7. The molecule has 0 unspecified atom stereocenters. The van der Waals surface area contributed by atoms with Gasteiger partial charge in [0.25, 0.3) is 0 Å². The molecule has 0 spiro atoms. The lowest BCUT2D eigenvalue weighted by Crippen LogP contribution is -2.43. The van der Waals surface area contributed by atoms with Gasteiger partial charge in [0.05, 0.1) is 12.0 Å². The maximum Gasteiger partial charge on any atom is 0.407 e. The van der Waals surface area contributed by atoms with Crippen molar-refractivity contribution in [3.8, 4) is 11.1 Å². The molecule has 38 heavy (non-hydrogen) atoms. The van der Waals surface area contributed by atoms with Crippen LogP contribution in [-0.4, -0.2) is 35.6 Å². The molecule has 0 fully saturated rings. The number of carboxylic acid groups (broad SMARTS) is 1. The van der Waals surface area contributed by atoms with Crippen LogP contribution in [0.2, 0.25) is 0 Å². The summed E-state index contributed by atoms with van der Waals surface area (Å²) >= 11 is 0. The normalized spacial score (nSPS) is 13.9. The molecule has 0 saturated carbocycles. The van der Waals surface area contributed by atoms with E-state index in [4.69, 9.17) is 4.74 Å². The van der Waals surface area contributed by atoms with Gasteiger partial charge in [-0.05, 0) is 58.7 Å². The van der Waals surface area contributed by atoms with E-state index in [9.17, 15) is 23.9 Å². The number of Topliss-reactive ketones (excluding diaryl/α,β-unsaturated/α-hetero) is 1. The molecular formula is C31H32FNO5. The first kappa shape index (κ1) is 27.0. The molecule has 3 aromatic rings. The number of carboxylic acids is 1. The van der Waals surface area contributed by atoms with Crippen LogP contribution in [0.15, 0.2) is 72.8 Å². The maximum absolute atomic E-state index is 13.2. The van der Waals surface area contributed by atoms with Crippen molar-refractivity contribution in [3.05, 3.63) is 95.3 Å². The number of hydrogen-bond acceptors (Lipinski definition) is 4. The van der Waals surface area contributed by atoms with Gasteiger partial charge in [-0.1, -0.05) is 74.5 Å². The summed E-state index contributed by atoms with van der Waals surface area (Å²) < 4.78 is 18.8. The Morgan fingerprint density at radius 1 is 0.921 bits per heavy atom. The van der Waals surface area contributed by atoms with Gasteiger partial charge < -0.3 is 15.2 Å². The second-order valence-corrected chi connectivity index (χ2v) is 10.2. The molecule has 3 aromatic carbocycles. The Labute approximate surface area is 221 Å². The lowest BCUT2D eigenvalue weighted by molar-refractivity contribution is -0.144. The molecule has 6 nitrogen and oxygen atoms in total. The fourth-order valence-corrected chi connectivity index (χ4v) is 5.06. The first-order valence-electron chi connectivity index (χ1n) is 12.8. The molecule has 0 radical (unpaired) electrons. The highest BCUT2D eigenvalue weighted by Gasteiger charge is 2.31. The smallest absolute Gasteiger partial charge is 0.407 e. The Morgan fingerprint density at radius 2 is 1.50 bits per heavy atom. The van der Waals surface area contributed by atoms with E-state index in [-0.39, 0.29) is 37.1 Å². The van der Waals surface area contributed by atoms with Gasteiger partial charge in [-0.3, -0.25) is 9.59 Å². The quantitative estimate of drug-likeness (QED) is 0.326. The molecular weight excluding hydrogens is 485 g/mol. The van der Waals surface area contributed by atoms with E-state index in [2.05, 4.69) is 17.4 Å². The second-order valence-electron chi connectivity index (χ2n) is 10.2. The van der Waals surface area contributed by atoms with E-state index in [0.29, 0.717) is 12.0 Å². The van der Waals surface area contributed by atoms with E-state index in [1.807, 2.05) is 50.2 Å². The number of nitrogens with one attached hydrogen (secondary N) is 1. The van der Waals surface area contributed by atoms with Gasteiger partial charge in [0.2, 0.25) is 0 Å². The van der Waals surface area contributed by atoms with Crippen LogP contribution in [0.4, 0.5) is 9.18 Å². The summed E-state index contributed by atoms with van der Waals surface area (Å²) in [5.41, 5.74) is 5.02. The lowest BCUT2D eigenvalue weighted by Gasteiger charge is -2.22. The van der Waals surface area contributed by atoms with Gasteiger partial charge in [-0.25, -0.2) is 9.18 Å². The van der Waals surface area contributed by atoms with Crippen LogP contribution in [-0.2, 0) is 20.7 Å². The minimum atomic E-state index is -1.12. The third-order valence-electron chi connectivity index (χ3n) is 6.92. The van der Waals surface area contributed by atoms with Gasteiger partial charge in [-0.2, -0.15) is 0 Å². The molecule has 0 heterocycles. The summed E-state index contributed by atoms with van der Waals surface area (Å²) in [6.45, 7) is 3.96.